The monoisotopic (exact) mass is 863 g/mol. The lowest BCUT2D eigenvalue weighted by atomic mass is 10.1. The number of esters is 1. The average molecular weight is 863 g/mol. The Kier molecular flexibility index (Phi) is 46.1. The summed E-state index contributed by atoms with van der Waals surface area (Å²) in [6, 6.07) is 0. The molecule has 356 valence electrons. The normalized spacial score (nSPS) is 13.9. The fourth-order valence-electron chi connectivity index (χ4n) is 6.14. The largest absolute Gasteiger partial charge is 0.463 e. The van der Waals surface area contributed by atoms with Crippen molar-refractivity contribution < 1.29 is 56.9 Å². The SMILES string of the molecule is CCCCCCCC/C=C\CCCCCCCCOCCOCCOCCOCCOCCOCCOCCOCCOCCOCCOC(=O)CCN1CCN(C)CC1. The van der Waals surface area contributed by atoms with E-state index in [-0.39, 0.29) is 12.6 Å². The lowest BCUT2D eigenvalue weighted by Gasteiger charge is -2.31. The second-order valence-corrected chi connectivity index (χ2v) is 15.2. The minimum Gasteiger partial charge on any atom is -0.463 e. The van der Waals surface area contributed by atoms with Gasteiger partial charge in [-0.05, 0) is 39.2 Å². The number of hydrogen-bond donors (Lipinski definition) is 0. The van der Waals surface area contributed by atoms with Gasteiger partial charge in [-0.2, -0.15) is 0 Å². The fourth-order valence-corrected chi connectivity index (χ4v) is 6.14. The van der Waals surface area contributed by atoms with Gasteiger partial charge in [-0.3, -0.25) is 4.79 Å². The summed E-state index contributed by atoms with van der Waals surface area (Å²) >= 11 is 0. The van der Waals surface area contributed by atoms with Crippen molar-refractivity contribution in [3.8, 4) is 0 Å². The van der Waals surface area contributed by atoms with Crippen LogP contribution in [0, 0.1) is 0 Å². The van der Waals surface area contributed by atoms with Crippen LogP contribution >= 0.6 is 0 Å². The topological polar surface area (TPSA) is 125 Å². The Morgan fingerprint density at radius 3 is 1.10 bits per heavy atom. The summed E-state index contributed by atoms with van der Waals surface area (Å²) in [5, 5.41) is 0. The van der Waals surface area contributed by atoms with Crippen LogP contribution in [-0.2, 0) is 56.9 Å². The second kappa shape index (κ2) is 48.8. The summed E-state index contributed by atoms with van der Waals surface area (Å²) in [5.41, 5.74) is 0. The van der Waals surface area contributed by atoms with E-state index in [4.69, 9.17) is 52.1 Å². The van der Waals surface area contributed by atoms with Crippen molar-refractivity contribution in [3.05, 3.63) is 12.2 Å². The molecule has 0 aromatic rings. The van der Waals surface area contributed by atoms with Gasteiger partial charge in [-0.1, -0.05) is 76.9 Å². The predicted molar refractivity (Wildman–Crippen MR) is 237 cm³/mol. The van der Waals surface area contributed by atoms with Crippen LogP contribution in [-0.4, -0.2) is 194 Å². The van der Waals surface area contributed by atoms with Crippen molar-refractivity contribution in [1.29, 1.82) is 0 Å². The number of likely N-dealkylation sites (N-methyl/N-ethyl adjacent to an activating group) is 1. The van der Waals surface area contributed by atoms with E-state index < -0.39 is 0 Å². The maximum absolute atomic E-state index is 11.9. The molecule has 0 N–H and O–H groups in total. The number of unbranched alkanes of at least 4 members (excludes halogenated alkanes) is 12. The van der Waals surface area contributed by atoms with E-state index in [1.807, 2.05) is 0 Å². The van der Waals surface area contributed by atoms with E-state index in [1.54, 1.807) is 0 Å². The summed E-state index contributed by atoms with van der Waals surface area (Å²) in [4.78, 5) is 16.5. The summed E-state index contributed by atoms with van der Waals surface area (Å²) in [6.07, 6.45) is 23.7. The summed E-state index contributed by atoms with van der Waals surface area (Å²) in [5.74, 6) is -0.174. The van der Waals surface area contributed by atoms with Crippen molar-refractivity contribution in [2.75, 3.05) is 179 Å². The molecule has 0 unspecified atom stereocenters. The molecule has 1 fully saturated rings. The van der Waals surface area contributed by atoms with Gasteiger partial charge in [0, 0.05) is 39.3 Å². The van der Waals surface area contributed by atoms with Gasteiger partial charge in [0.15, 0.2) is 0 Å². The first-order chi connectivity index (χ1) is 29.7. The van der Waals surface area contributed by atoms with Gasteiger partial charge in [-0.25, -0.2) is 0 Å². The Hall–Kier alpha value is -1.27. The molecule has 0 saturated carbocycles. The van der Waals surface area contributed by atoms with Crippen molar-refractivity contribution in [1.82, 2.24) is 9.80 Å². The first-order valence-corrected chi connectivity index (χ1v) is 23.7. The highest BCUT2D eigenvalue weighted by Crippen LogP contribution is 2.10. The van der Waals surface area contributed by atoms with Gasteiger partial charge in [0.25, 0.3) is 0 Å². The smallest absolute Gasteiger partial charge is 0.307 e. The van der Waals surface area contributed by atoms with Crippen LogP contribution in [0.1, 0.15) is 103 Å². The zero-order valence-corrected chi connectivity index (χ0v) is 38.4. The third kappa shape index (κ3) is 44.8. The number of carbonyl (C=O) groups excluding carboxylic acids is 1. The van der Waals surface area contributed by atoms with E-state index >= 15 is 0 Å². The zero-order chi connectivity index (χ0) is 42.9. The molecule has 0 radical (unpaired) electrons. The molecule has 60 heavy (non-hydrogen) atoms. The summed E-state index contributed by atoms with van der Waals surface area (Å²) in [6.45, 7) is 18.0. The molecule has 0 spiro atoms. The van der Waals surface area contributed by atoms with Crippen molar-refractivity contribution in [2.45, 2.75) is 103 Å². The molecule has 14 nitrogen and oxygen atoms in total. The Labute approximate surface area is 365 Å². The highest BCUT2D eigenvalue weighted by molar-refractivity contribution is 5.69. The molecular weight excluding hydrogens is 773 g/mol. The molecule has 0 bridgehead atoms. The number of carbonyl (C=O) groups is 1. The van der Waals surface area contributed by atoms with E-state index in [2.05, 4.69) is 35.9 Å². The average Bonchev–Trinajstić information content (AvgIpc) is 3.26. The van der Waals surface area contributed by atoms with Crippen LogP contribution in [0.3, 0.4) is 0 Å². The minimum absolute atomic E-state index is 0.174. The standard InChI is InChI=1S/C46H90N2O12/c1-3-4-5-6-7-8-9-10-11-12-13-14-15-16-17-18-25-50-26-27-51-28-29-52-30-31-53-32-33-54-34-35-55-36-37-56-38-39-57-40-41-58-42-43-59-44-45-60-46(49)19-20-48-23-21-47(2)22-24-48/h10-11H,3-9,12-45H2,1-2H3/b11-10-. The lowest BCUT2D eigenvalue weighted by Crippen LogP contribution is -2.45. The molecular formula is C46H90N2O12. The number of ether oxygens (including phenoxy) is 11. The van der Waals surface area contributed by atoms with Gasteiger partial charge in [0.1, 0.15) is 6.61 Å². The summed E-state index contributed by atoms with van der Waals surface area (Å²) in [7, 11) is 2.12. The molecule has 1 rings (SSSR count). The molecule has 0 aromatic heterocycles. The van der Waals surface area contributed by atoms with Gasteiger partial charge >= 0.3 is 5.97 Å². The Morgan fingerprint density at radius 1 is 0.400 bits per heavy atom. The maximum Gasteiger partial charge on any atom is 0.307 e. The third-order valence-corrected chi connectivity index (χ3v) is 9.87. The van der Waals surface area contributed by atoms with Crippen molar-refractivity contribution in [2.24, 2.45) is 0 Å². The van der Waals surface area contributed by atoms with Gasteiger partial charge in [-0.15, -0.1) is 0 Å². The van der Waals surface area contributed by atoms with Crippen LogP contribution in [0.5, 0.6) is 0 Å². The lowest BCUT2D eigenvalue weighted by molar-refractivity contribution is -0.145. The first kappa shape index (κ1) is 56.7. The van der Waals surface area contributed by atoms with Gasteiger partial charge in [0.2, 0.25) is 0 Å². The van der Waals surface area contributed by atoms with Crippen LogP contribution in [0.2, 0.25) is 0 Å². The molecule has 0 aliphatic carbocycles. The van der Waals surface area contributed by atoms with Crippen molar-refractivity contribution in [3.63, 3.8) is 0 Å². The number of piperazine rings is 1. The molecule has 14 heteroatoms. The molecule has 0 amide bonds. The van der Waals surface area contributed by atoms with Crippen LogP contribution < -0.4 is 0 Å². The Morgan fingerprint density at radius 2 is 0.717 bits per heavy atom. The van der Waals surface area contributed by atoms with Crippen LogP contribution in [0.4, 0.5) is 0 Å². The second-order valence-electron chi connectivity index (χ2n) is 15.2. The fraction of sp³-hybridized carbons (Fsp3) is 0.935. The highest BCUT2D eigenvalue weighted by Gasteiger charge is 2.15. The van der Waals surface area contributed by atoms with E-state index in [0.717, 1.165) is 45.8 Å². The van der Waals surface area contributed by atoms with E-state index in [1.165, 1.54) is 83.5 Å². The highest BCUT2D eigenvalue weighted by atomic mass is 16.6. The Bertz CT molecular complexity index is 882. The number of nitrogens with zero attached hydrogens (tertiary/aromatic N) is 2. The van der Waals surface area contributed by atoms with Gasteiger partial charge < -0.3 is 61.9 Å². The van der Waals surface area contributed by atoms with E-state index in [0.29, 0.717) is 132 Å². The Balaban J connectivity index is 1.62. The number of allylic oxidation sites excluding steroid dienone is 2. The maximum atomic E-state index is 11.9. The number of hydrogen-bond acceptors (Lipinski definition) is 14. The van der Waals surface area contributed by atoms with Crippen molar-refractivity contribution >= 4 is 5.97 Å². The zero-order valence-electron chi connectivity index (χ0n) is 38.4. The molecule has 1 aliphatic rings. The predicted octanol–water partition coefficient (Wildman–Crippen LogP) is 6.37. The van der Waals surface area contributed by atoms with Gasteiger partial charge in [0.05, 0.1) is 132 Å². The van der Waals surface area contributed by atoms with Crippen LogP contribution in [0.15, 0.2) is 12.2 Å². The first-order valence-electron chi connectivity index (χ1n) is 23.7. The number of rotatable bonds is 49. The molecule has 1 aliphatic heterocycles. The molecule has 1 heterocycles. The van der Waals surface area contributed by atoms with E-state index in [9.17, 15) is 4.79 Å². The molecule has 1 saturated heterocycles. The minimum atomic E-state index is -0.174. The third-order valence-electron chi connectivity index (χ3n) is 9.87. The quantitative estimate of drug-likeness (QED) is 0.0382. The summed E-state index contributed by atoms with van der Waals surface area (Å²) < 4.78 is 60.6. The van der Waals surface area contributed by atoms with Crippen LogP contribution in [0.25, 0.3) is 0 Å². The molecule has 0 atom stereocenters. The molecule has 0 aromatic carbocycles.